The topological polar surface area (TPSA) is 12.0 Å². The summed E-state index contributed by atoms with van der Waals surface area (Å²) in [5, 5.41) is 3.43. The maximum atomic E-state index is 3.43. The number of nitrogens with one attached hydrogen (secondary N) is 1. The van der Waals surface area contributed by atoms with Crippen LogP contribution in [0.3, 0.4) is 0 Å². The molecular weight excluding hydrogens is 158 g/mol. The van der Waals surface area contributed by atoms with Crippen molar-refractivity contribution in [3.05, 3.63) is 0 Å². The Morgan fingerprint density at radius 2 is 1.46 bits per heavy atom. The van der Waals surface area contributed by atoms with E-state index in [1.54, 1.807) is 0 Å². The van der Waals surface area contributed by atoms with Crippen molar-refractivity contribution in [2.75, 3.05) is 7.05 Å². The fourth-order valence-corrected chi connectivity index (χ4v) is 2.35. The molecule has 0 bridgehead atoms. The van der Waals surface area contributed by atoms with Crippen molar-refractivity contribution in [1.29, 1.82) is 0 Å². The molecule has 1 N–H and O–H groups in total. The molecule has 0 heterocycles. The summed E-state index contributed by atoms with van der Waals surface area (Å²) in [6.07, 6.45) is 11.4. The highest BCUT2D eigenvalue weighted by Gasteiger charge is 2.09. The fourth-order valence-electron chi connectivity index (χ4n) is 2.35. The van der Waals surface area contributed by atoms with E-state index in [0.717, 1.165) is 12.0 Å². The van der Waals surface area contributed by atoms with Crippen LogP contribution in [-0.2, 0) is 0 Å². The van der Waals surface area contributed by atoms with Crippen molar-refractivity contribution in [3.63, 3.8) is 0 Å². The van der Waals surface area contributed by atoms with E-state index >= 15 is 0 Å². The van der Waals surface area contributed by atoms with Crippen LogP contribution in [0, 0.1) is 5.92 Å². The molecule has 0 amide bonds. The van der Waals surface area contributed by atoms with Crippen molar-refractivity contribution >= 4 is 0 Å². The molecule has 1 rings (SSSR count). The SMILES string of the molecule is CNC1CCCCCC(C)CCC1. The third kappa shape index (κ3) is 4.66. The van der Waals surface area contributed by atoms with Gasteiger partial charge in [0.05, 0.1) is 0 Å². The average molecular weight is 183 g/mol. The van der Waals surface area contributed by atoms with Gasteiger partial charge >= 0.3 is 0 Å². The highest BCUT2D eigenvalue weighted by Crippen LogP contribution is 2.20. The van der Waals surface area contributed by atoms with Gasteiger partial charge in [0, 0.05) is 6.04 Å². The van der Waals surface area contributed by atoms with Crippen LogP contribution < -0.4 is 5.32 Å². The zero-order chi connectivity index (χ0) is 9.52. The normalized spacial score (nSPS) is 32.8. The molecule has 78 valence electrons. The summed E-state index contributed by atoms with van der Waals surface area (Å²) >= 11 is 0. The molecule has 1 saturated carbocycles. The summed E-state index contributed by atoms with van der Waals surface area (Å²) in [7, 11) is 2.11. The van der Waals surface area contributed by atoms with Gasteiger partial charge in [-0.05, 0) is 25.8 Å². The second kappa shape index (κ2) is 6.42. The number of hydrogen-bond donors (Lipinski definition) is 1. The molecule has 1 heteroatoms. The standard InChI is InChI=1S/C12H25N/c1-11-7-4-3-5-9-12(13-2)10-6-8-11/h11-13H,3-10H2,1-2H3. The largest absolute Gasteiger partial charge is 0.317 e. The van der Waals surface area contributed by atoms with Crippen LogP contribution >= 0.6 is 0 Å². The molecule has 2 atom stereocenters. The summed E-state index contributed by atoms with van der Waals surface area (Å²) in [5.41, 5.74) is 0. The Kier molecular flexibility index (Phi) is 5.45. The molecule has 0 aromatic carbocycles. The third-order valence-corrected chi connectivity index (χ3v) is 3.41. The number of hydrogen-bond acceptors (Lipinski definition) is 1. The Labute approximate surface area is 83.3 Å². The minimum atomic E-state index is 0.797. The van der Waals surface area contributed by atoms with Gasteiger partial charge in [0.2, 0.25) is 0 Å². The predicted octanol–water partition coefficient (Wildman–Crippen LogP) is 3.34. The van der Waals surface area contributed by atoms with Gasteiger partial charge in [-0.2, -0.15) is 0 Å². The minimum absolute atomic E-state index is 0.797. The van der Waals surface area contributed by atoms with Crippen LogP contribution in [0.5, 0.6) is 0 Å². The smallest absolute Gasteiger partial charge is 0.00640 e. The first-order valence-electron chi connectivity index (χ1n) is 6.00. The van der Waals surface area contributed by atoms with E-state index in [0.29, 0.717) is 0 Å². The molecular formula is C12H25N. The van der Waals surface area contributed by atoms with E-state index in [-0.39, 0.29) is 0 Å². The van der Waals surface area contributed by atoms with Crippen LogP contribution in [0.2, 0.25) is 0 Å². The maximum Gasteiger partial charge on any atom is 0.00640 e. The predicted molar refractivity (Wildman–Crippen MR) is 58.9 cm³/mol. The molecule has 1 nitrogen and oxygen atoms in total. The minimum Gasteiger partial charge on any atom is -0.317 e. The van der Waals surface area contributed by atoms with Crippen molar-refractivity contribution in [3.8, 4) is 0 Å². The first-order valence-corrected chi connectivity index (χ1v) is 6.00. The lowest BCUT2D eigenvalue weighted by Gasteiger charge is -2.19. The van der Waals surface area contributed by atoms with E-state index in [2.05, 4.69) is 19.3 Å². The molecule has 0 saturated heterocycles. The summed E-state index contributed by atoms with van der Waals surface area (Å²) in [5.74, 6) is 0.968. The highest BCUT2D eigenvalue weighted by molar-refractivity contribution is 4.67. The molecule has 1 aliphatic carbocycles. The lowest BCUT2D eigenvalue weighted by Crippen LogP contribution is -2.25. The Bertz CT molecular complexity index is 122. The summed E-state index contributed by atoms with van der Waals surface area (Å²) < 4.78 is 0. The van der Waals surface area contributed by atoms with Crippen molar-refractivity contribution < 1.29 is 0 Å². The Morgan fingerprint density at radius 1 is 0.846 bits per heavy atom. The van der Waals surface area contributed by atoms with Gasteiger partial charge in [-0.15, -0.1) is 0 Å². The fraction of sp³-hybridized carbons (Fsp3) is 1.00. The molecule has 1 aliphatic rings. The van der Waals surface area contributed by atoms with Gasteiger partial charge in [-0.3, -0.25) is 0 Å². The van der Waals surface area contributed by atoms with E-state index in [1.807, 2.05) is 0 Å². The summed E-state index contributed by atoms with van der Waals surface area (Å²) in [4.78, 5) is 0. The van der Waals surface area contributed by atoms with Gasteiger partial charge in [0.1, 0.15) is 0 Å². The van der Waals surface area contributed by atoms with Gasteiger partial charge < -0.3 is 5.32 Å². The van der Waals surface area contributed by atoms with E-state index in [1.165, 1.54) is 51.4 Å². The molecule has 1 fully saturated rings. The van der Waals surface area contributed by atoms with E-state index < -0.39 is 0 Å². The Balaban J connectivity index is 2.25. The average Bonchev–Trinajstić information content (AvgIpc) is 2.15. The second-order valence-corrected chi connectivity index (χ2v) is 4.66. The van der Waals surface area contributed by atoms with Crippen LogP contribution in [0.15, 0.2) is 0 Å². The van der Waals surface area contributed by atoms with Crippen molar-refractivity contribution in [2.45, 2.75) is 64.3 Å². The molecule has 2 unspecified atom stereocenters. The van der Waals surface area contributed by atoms with Crippen LogP contribution in [0.4, 0.5) is 0 Å². The maximum absolute atomic E-state index is 3.43. The lowest BCUT2D eigenvalue weighted by atomic mass is 9.92. The zero-order valence-corrected chi connectivity index (χ0v) is 9.31. The molecule has 0 aliphatic heterocycles. The lowest BCUT2D eigenvalue weighted by molar-refractivity contribution is 0.373. The van der Waals surface area contributed by atoms with E-state index in [9.17, 15) is 0 Å². The third-order valence-electron chi connectivity index (χ3n) is 3.41. The van der Waals surface area contributed by atoms with Crippen LogP contribution in [-0.4, -0.2) is 13.1 Å². The van der Waals surface area contributed by atoms with E-state index in [4.69, 9.17) is 0 Å². The Hall–Kier alpha value is -0.0400. The van der Waals surface area contributed by atoms with Crippen LogP contribution in [0.1, 0.15) is 58.3 Å². The van der Waals surface area contributed by atoms with Crippen molar-refractivity contribution in [2.24, 2.45) is 5.92 Å². The molecule has 0 spiro atoms. The second-order valence-electron chi connectivity index (χ2n) is 4.66. The molecule has 0 aromatic rings. The summed E-state index contributed by atoms with van der Waals surface area (Å²) in [6.45, 7) is 2.41. The van der Waals surface area contributed by atoms with Crippen LogP contribution in [0.25, 0.3) is 0 Å². The first kappa shape index (κ1) is 11.0. The quantitative estimate of drug-likeness (QED) is 0.657. The molecule has 0 aromatic heterocycles. The van der Waals surface area contributed by atoms with Gasteiger partial charge in [0.25, 0.3) is 0 Å². The van der Waals surface area contributed by atoms with Gasteiger partial charge in [-0.25, -0.2) is 0 Å². The van der Waals surface area contributed by atoms with Gasteiger partial charge in [0.15, 0.2) is 0 Å². The highest BCUT2D eigenvalue weighted by atomic mass is 14.9. The Morgan fingerprint density at radius 3 is 2.23 bits per heavy atom. The zero-order valence-electron chi connectivity index (χ0n) is 9.31. The molecule has 0 radical (unpaired) electrons. The van der Waals surface area contributed by atoms with Gasteiger partial charge in [-0.1, -0.05) is 45.4 Å². The first-order chi connectivity index (χ1) is 6.33. The number of rotatable bonds is 1. The van der Waals surface area contributed by atoms with Crippen molar-refractivity contribution in [1.82, 2.24) is 5.32 Å². The summed E-state index contributed by atoms with van der Waals surface area (Å²) in [6, 6.07) is 0.797. The monoisotopic (exact) mass is 183 g/mol. The molecule has 13 heavy (non-hydrogen) atoms.